The molecule has 0 aromatic carbocycles. The molecule has 2 aromatic heterocycles. The Balaban J connectivity index is 2.07. The molecule has 2 rings (SSSR count). The van der Waals surface area contributed by atoms with E-state index in [2.05, 4.69) is 20.5 Å². The number of thiophene rings is 1. The predicted molar refractivity (Wildman–Crippen MR) is 104 cm³/mol. The Morgan fingerprint density at radius 1 is 1.21 bits per heavy atom. The maximum Gasteiger partial charge on any atom is 0.413 e. The lowest BCUT2D eigenvalue weighted by Gasteiger charge is -2.10. The summed E-state index contributed by atoms with van der Waals surface area (Å²) in [5.74, 6) is -1.14. The number of carbonyl (C=O) groups excluding carboxylic acids is 3. The maximum absolute atomic E-state index is 12.5. The average Bonchev–Trinajstić information content (AvgIpc) is 3.09. The Morgan fingerprint density at radius 2 is 1.97 bits per heavy atom. The molecule has 12 heteroatoms. The first-order valence-electron chi connectivity index (χ1n) is 8.53. The number of rotatable bonds is 8. The zero-order valence-electron chi connectivity index (χ0n) is 15.9. The van der Waals surface area contributed by atoms with Gasteiger partial charge in [-0.1, -0.05) is 0 Å². The first kappa shape index (κ1) is 21.8. The van der Waals surface area contributed by atoms with E-state index in [-0.39, 0.29) is 39.7 Å². The molecule has 154 valence electrons. The SMILES string of the molecule is CCO[N+](=O)NC(=O)c1ccsc1NC(=O)c1ccnc(NC(=O)OC(C)C)c1. The molecule has 0 atom stereocenters. The lowest BCUT2D eigenvalue weighted by Crippen LogP contribution is -2.33. The minimum atomic E-state index is -0.737. The van der Waals surface area contributed by atoms with E-state index in [1.165, 1.54) is 24.4 Å². The van der Waals surface area contributed by atoms with Gasteiger partial charge < -0.3 is 10.1 Å². The summed E-state index contributed by atoms with van der Waals surface area (Å²) in [5, 5.41) is 6.79. The molecular weight excluding hydrogens is 402 g/mol. The molecular formula is C17H20N5O6S+. The maximum atomic E-state index is 12.5. The molecule has 29 heavy (non-hydrogen) atoms. The molecule has 0 radical (unpaired) electrons. The molecule has 0 unspecified atom stereocenters. The van der Waals surface area contributed by atoms with Crippen LogP contribution in [0.4, 0.5) is 15.6 Å². The van der Waals surface area contributed by atoms with Crippen molar-refractivity contribution in [2.45, 2.75) is 26.9 Å². The lowest BCUT2D eigenvalue weighted by atomic mass is 10.2. The number of hydrazine groups is 1. The van der Waals surface area contributed by atoms with E-state index in [1.54, 1.807) is 26.2 Å². The quantitative estimate of drug-likeness (QED) is 0.556. The molecule has 0 spiro atoms. The van der Waals surface area contributed by atoms with Gasteiger partial charge in [0.05, 0.1) is 11.7 Å². The summed E-state index contributed by atoms with van der Waals surface area (Å²) in [6.45, 7) is 5.08. The van der Waals surface area contributed by atoms with E-state index in [0.717, 1.165) is 11.3 Å². The van der Waals surface area contributed by atoms with Gasteiger partial charge in [0.2, 0.25) is 0 Å². The largest absolute Gasteiger partial charge is 0.447 e. The fourth-order valence-electron chi connectivity index (χ4n) is 2.04. The van der Waals surface area contributed by atoms with Gasteiger partial charge in [0, 0.05) is 11.8 Å². The van der Waals surface area contributed by atoms with Gasteiger partial charge in [-0.15, -0.1) is 11.3 Å². The number of nitrogens with zero attached hydrogens (tertiary/aromatic N) is 2. The van der Waals surface area contributed by atoms with Gasteiger partial charge in [-0.3, -0.25) is 14.9 Å². The van der Waals surface area contributed by atoms with Crippen LogP contribution < -0.4 is 16.1 Å². The fraction of sp³-hybridized carbons (Fsp3) is 0.294. The van der Waals surface area contributed by atoms with Crippen LogP contribution >= 0.6 is 11.3 Å². The van der Waals surface area contributed by atoms with Gasteiger partial charge in [0.25, 0.3) is 5.91 Å². The number of anilines is 2. The molecule has 3 amide bonds. The minimum absolute atomic E-state index is 0.0529. The highest BCUT2D eigenvalue weighted by atomic mass is 32.1. The molecule has 0 saturated carbocycles. The molecule has 0 aliphatic rings. The third-order valence-electron chi connectivity index (χ3n) is 3.17. The second kappa shape index (κ2) is 10.1. The zero-order valence-corrected chi connectivity index (χ0v) is 16.7. The van der Waals surface area contributed by atoms with Crippen molar-refractivity contribution >= 4 is 40.1 Å². The number of carbonyl (C=O) groups is 3. The van der Waals surface area contributed by atoms with E-state index in [1.807, 2.05) is 5.43 Å². The number of aromatic nitrogens is 1. The van der Waals surface area contributed by atoms with Crippen LogP contribution in [0.15, 0.2) is 29.8 Å². The molecule has 0 aliphatic carbocycles. The Kier molecular flexibility index (Phi) is 7.60. The van der Waals surface area contributed by atoms with Crippen molar-refractivity contribution in [1.29, 1.82) is 0 Å². The number of nitrogens with one attached hydrogen (secondary N) is 3. The smallest absolute Gasteiger partial charge is 0.413 e. The Hall–Kier alpha value is -3.54. The number of pyridine rings is 1. The van der Waals surface area contributed by atoms with Gasteiger partial charge >= 0.3 is 17.0 Å². The number of hydrogen-bond donors (Lipinski definition) is 3. The van der Waals surface area contributed by atoms with E-state index in [0.29, 0.717) is 0 Å². The molecule has 0 bridgehead atoms. The van der Waals surface area contributed by atoms with Crippen molar-refractivity contribution in [2.24, 2.45) is 0 Å². The van der Waals surface area contributed by atoms with Crippen LogP contribution in [0, 0.1) is 4.91 Å². The highest BCUT2D eigenvalue weighted by Gasteiger charge is 2.22. The van der Waals surface area contributed by atoms with Crippen LogP contribution in [0.1, 0.15) is 41.5 Å². The highest BCUT2D eigenvalue weighted by molar-refractivity contribution is 7.14. The van der Waals surface area contributed by atoms with Crippen molar-refractivity contribution in [2.75, 3.05) is 17.2 Å². The first-order chi connectivity index (χ1) is 13.8. The van der Waals surface area contributed by atoms with E-state index in [9.17, 15) is 19.3 Å². The van der Waals surface area contributed by atoms with Gasteiger partial charge in [-0.25, -0.2) is 14.6 Å². The predicted octanol–water partition coefficient (Wildman–Crippen LogP) is 2.73. The van der Waals surface area contributed by atoms with Crippen LogP contribution in [-0.4, -0.2) is 40.6 Å². The van der Waals surface area contributed by atoms with Crippen LogP contribution in [0.2, 0.25) is 0 Å². The number of ether oxygens (including phenoxy) is 1. The average molecular weight is 422 g/mol. The van der Waals surface area contributed by atoms with Crippen molar-refractivity contribution in [1.82, 2.24) is 10.4 Å². The summed E-state index contributed by atoms with van der Waals surface area (Å²) in [7, 11) is 0. The van der Waals surface area contributed by atoms with E-state index >= 15 is 0 Å². The second-order valence-corrected chi connectivity index (χ2v) is 6.66. The van der Waals surface area contributed by atoms with E-state index < -0.39 is 17.9 Å². The number of hydrogen-bond acceptors (Lipinski definition) is 8. The second-order valence-electron chi connectivity index (χ2n) is 5.74. The zero-order chi connectivity index (χ0) is 21.4. The number of amides is 3. The van der Waals surface area contributed by atoms with Gasteiger partial charge in [0.1, 0.15) is 15.7 Å². The summed E-state index contributed by atoms with van der Waals surface area (Å²) >= 11 is 1.10. The normalized spacial score (nSPS) is 10.2. The molecule has 11 nitrogen and oxygen atoms in total. The van der Waals surface area contributed by atoms with Crippen LogP contribution in [0.5, 0.6) is 0 Å². The van der Waals surface area contributed by atoms with Crippen molar-refractivity contribution in [3.8, 4) is 0 Å². The van der Waals surface area contributed by atoms with Crippen molar-refractivity contribution < 1.29 is 29.0 Å². The third-order valence-corrected chi connectivity index (χ3v) is 4.00. The lowest BCUT2D eigenvalue weighted by molar-refractivity contribution is -0.833. The first-order valence-corrected chi connectivity index (χ1v) is 9.41. The topological polar surface area (TPSA) is 139 Å². The Labute approximate surface area is 169 Å². The third kappa shape index (κ3) is 6.53. The summed E-state index contributed by atoms with van der Waals surface area (Å²) < 4.78 is 4.96. The molecule has 0 saturated heterocycles. The van der Waals surface area contributed by atoms with Gasteiger partial charge in [-0.2, -0.15) is 0 Å². The summed E-state index contributed by atoms with van der Waals surface area (Å²) in [5.41, 5.74) is 2.27. The monoisotopic (exact) mass is 422 g/mol. The molecule has 0 fully saturated rings. The van der Waals surface area contributed by atoms with Gasteiger partial charge in [0.15, 0.2) is 6.61 Å². The fourth-order valence-corrected chi connectivity index (χ4v) is 2.82. The van der Waals surface area contributed by atoms with E-state index in [4.69, 9.17) is 4.74 Å². The van der Waals surface area contributed by atoms with Crippen LogP contribution in [-0.2, 0) is 9.57 Å². The minimum Gasteiger partial charge on any atom is -0.447 e. The molecule has 2 aromatic rings. The standard InChI is InChI=1S/C17H19N5O6S/c1-4-27-22(26)21-15(24)12-6-8-29-16(12)20-14(23)11-5-7-18-13(9-11)19-17(25)28-10(2)3/h5-10H,4H2,1-3H3,(H2-,18,19,20,21,23,24,25,26)/p+1. The summed E-state index contributed by atoms with van der Waals surface area (Å²) in [6.07, 6.45) is 0.343. The molecule has 3 N–H and O–H groups in total. The van der Waals surface area contributed by atoms with Crippen molar-refractivity contribution in [3.63, 3.8) is 0 Å². The highest BCUT2D eigenvalue weighted by Crippen LogP contribution is 2.24. The summed E-state index contributed by atoms with van der Waals surface area (Å²) in [4.78, 5) is 56.2. The van der Waals surface area contributed by atoms with Crippen molar-refractivity contribution in [3.05, 3.63) is 45.8 Å². The van der Waals surface area contributed by atoms with Gasteiger partial charge in [-0.05, 0) is 49.8 Å². The van der Waals surface area contributed by atoms with Crippen LogP contribution in [0.25, 0.3) is 0 Å². The Bertz CT molecular complexity index is 913. The molecule has 0 aliphatic heterocycles. The van der Waals surface area contributed by atoms with Crippen LogP contribution in [0.3, 0.4) is 0 Å². The Morgan fingerprint density at radius 3 is 2.66 bits per heavy atom. The molecule has 2 heterocycles. The summed E-state index contributed by atoms with van der Waals surface area (Å²) in [6, 6.07) is 4.26.